The van der Waals surface area contributed by atoms with Crippen LogP contribution in [-0.2, 0) is 16.1 Å². The van der Waals surface area contributed by atoms with E-state index in [1.54, 1.807) is 36.4 Å². The molecule has 1 aliphatic rings. The molecule has 1 saturated heterocycles. The van der Waals surface area contributed by atoms with E-state index in [2.05, 4.69) is 0 Å². The van der Waals surface area contributed by atoms with E-state index in [0.29, 0.717) is 17.1 Å². The second-order valence-electron chi connectivity index (χ2n) is 7.09. The Labute approximate surface area is 183 Å². The van der Waals surface area contributed by atoms with Gasteiger partial charge in [0.25, 0.3) is 11.7 Å². The van der Waals surface area contributed by atoms with Crippen molar-refractivity contribution in [1.29, 1.82) is 0 Å². The van der Waals surface area contributed by atoms with E-state index in [1.165, 1.54) is 37.5 Å². The van der Waals surface area contributed by atoms with Crippen molar-refractivity contribution in [2.45, 2.75) is 12.6 Å². The zero-order valence-electron chi connectivity index (χ0n) is 17.4. The molecule has 3 aromatic rings. The summed E-state index contributed by atoms with van der Waals surface area (Å²) in [6.45, 7) is -0.0165. The molecule has 2 aromatic carbocycles. The minimum absolute atomic E-state index is 0.0165. The number of aliphatic hydroxyl groups is 1. The van der Waals surface area contributed by atoms with Gasteiger partial charge in [-0.25, -0.2) is 4.39 Å². The van der Waals surface area contributed by atoms with Crippen molar-refractivity contribution in [3.05, 3.63) is 89.1 Å². The van der Waals surface area contributed by atoms with Crippen LogP contribution in [0.5, 0.6) is 11.5 Å². The summed E-state index contributed by atoms with van der Waals surface area (Å²) in [7, 11) is 2.82. The van der Waals surface area contributed by atoms with E-state index in [4.69, 9.17) is 13.9 Å². The average Bonchev–Trinajstić information content (AvgIpc) is 3.41. The largest absolute Gasteiger partial charge is 0.507 e. The Morgan fingerprint density at radius 2 is 1.81 bits per heavy atom. The van der Waals surface area contributed by atoms with Crippen LogP contribution in [0.2, 0.25) is 0 Å². The highest BCUT2D eigenvalue weighted by molar-refractivity contribution is 6.46. The summed E-state index contributed by atoms with van der Waals surface area (Å²) >= 11 is 0. The molecule has 0 radical (unpaired) electrons. The van der Waals surface area contributed by atoms with Crippen LogP contribution < -0.4 is 9.47 Å². The molecule has 7 nitrogen and oxygen atoms in total. The van der Waals surface area contributed by atoms with Gasteiger partial charge in [-0.15, -0.1) is 0 Å². The van der Waals surface area contributed by atoms with Gasteiger partial charge in [-0.3, -0.25) is 9.59 Å². The van der Waals surface area contributed by atoms with E-state index in [-0.39, 0.29) is 23.4 Å². The van der Waals surface area contributed by atoms with Crippen molar-refractivity contribution in [1.82, 2.24) is 4.90 Å². The highest BCUT2D eigenvalue weighted by Crippen LogP contribution is 2.44. The topological polar surface area (TPSA) is 89.2 Å². The van der Waals surface area contributed by atoms with Crippen LogP contribution >= 0.6 is 0 Å². The predicted octanol–water partition coefficient (Wildman–Crippen LogP) is 4.06. The number of carbonyl (C=O) groups is 2. The number of rotatable bonds is 6. The number of aliphatic hydroxyl groups excluding tert-OH is 1. The number of hydrogen-bond donors (Lipinski definition) is 1. The van der Waals surface area contributed by atoms with Gasteiger partial charge in [-0.05, 0) is 36.4 Å². The molecule has 1 unspecified atom stereocenters. The first kappa shape index (κ1) is 21.2. The third kappa shape index (κ3) is 3.60. The predicted molar refractivity (Wildman–Crippen MR) is 113 cm³/mol. The number of likely N-dealkylation sites (tertiary alicyclic amines) is 1. The van der Waals surface area contributed by atoms with Gasteiger partial charge in [0.15, 0.2) is 0 Å². The van der Waals surface area contributed by atoms with E-state index >= 15 is 0 Å². The fraction of sp³-hybridized carbons (Fsp3) is 0.167. The Morgan fingerprint density at radius 1 is 1.06 bits per heavy atom. The number of ether oxygens (including phenoxy) is 2. The van der Waals surface area contributed by atoms with Gasteiger partial charge in [0.05, 0.1) is 44.2 Å². The van der Waals surface area contributed by atoms with Gasteiger partial charge >= 0.3 is 0 Å². The standard InChI is InChI=1S/C24H20FNO6/c1-30-18-8-4-3-7-16(18)21-20(22(27)17-12-14(25)9-10-19(17)31-2)23(28)24(29)26(21)13-15-6-5-11-32-15/h3-12,21,27H,13H2,1-2H3/b22-20+. The molecule has 1 fully saturated rings. The number of halogens is 1. The fourth-order valence-corrected chi connectivity index (χ4v) is 3.84. The van der Waals surface area contributed by atoms with Crippen LogP contribution in [0.3, 0.4) is 0 Å². The van der Waals surface area contributed by atoms with Crippen LogP contribution in [0.25, 0.3) is 5.76 Å². The molecule has 1 aliphatic heterocycles. The monoisotopic (exact) mass is 437 g/mol. The first-order valence-corrected chi connectivity index (χ1v) is 9.74. The highest BCUT2D eigenvalue weighted by atomic mass is 19.1. The Morgan fingerprint density at radius 3 is 2.50 bits per heavy atom. The lowest BCUT2D eigenvalue weighted by molar-refractivity contribution is -0.140. The third-order valence-electron chi connectivity index (χ3n) is 5.30. The molecule has 4 rings (SSSR count). The number of carbonyl (C=O) groups excluding carboxylic acids is 2. The van der Waals surface area contributed by atoms with Crippen molar-refractivity contribution in [3.8, 4) is 11.5 Å². The number of hydrogen-bond acceptors (Lipinski definition) is 6. The molecule has 0 saturated carbocycles. The van der Waals surface area contributed by atoms with Crippen molar-refractivity contribution in [3.63, 3.8) is 0 Å². The maximum absolute atomic E-state index is 14.0. The summed E-state index contributed by atoms with van der Waals surface area (Å²) < 4.78 is 30.0. The quantitative estimate of drug-likeness (QED) is 0.355. The molecule has 0 aliphatic carbocycles. The molecule has 8 heteroatoms. The van der Waals surface area contributed by atoms with Crippen molar-refractivity contribution < 1.29 is 33.0 Å². The highest BCUT2D eigenvalue weighted by Gasteiger charge is 2.47. The van der Waals surface area contributed by atoms with E-state index in [1.807, 2.05) is 0 Å². The van der Waals surface area contributed by atoms with Crippen LogP contribution in [0.1, 0.15) is 22.9 Å². The number of amides is 1. The maximum Gasteiger partial charge on any atom is 0.296 e. The summed E-state index contributed by atoms with van der Waals surface area (Å²) in [6.07, 6.45) is 1.46. The summed E-state index contributed by atoms with van der Waals surface area (Å²) in [5.74, 6) is -1.88. The Hall–Kier alpha value is -4.07. The number of methoxy groups -OCH3 is 2. The lowest BCUT2D eigenvalue weighted by Crippen LogP contribution is -2.29. The molecule has 0 spiro atoms. The van der Waals surface area contributed by atoms with Gasteiger partial charge in [0.1, 0.15) is 28.8 Å². The molecular weight excluding hydrogens is 417 g/mol. The zero-order chi connectivity index (χ0) is 22.8. The van der Waals surface area contributed by atoms with Gasteiger partial charge in [-0.2, -0.15) is 0 Å². The maximum atomic E-state index is 14.0. The average molecular weight is 437 g/mol. The first-order chi connectivity index (χ1) is 15.5. The van der Waals surface area contributed by atoms with Crippen molar-refractivity contribution in [2.24, 2.45) is 0 Å². The minimum Gasteiger partial charge on any atom is -0.507 e. The number of furan rings is 1. The van der Waals surface area contributed by atoms with Crippen LogP contribution in [0.15, 0.2) is 70.9 Å². The van der Waals surface area contributed by atoms with Crippen LogP contribution in [0.4, 0.5) is 4.39 Å². The minimum atomic E-state index is -0.996. The summed E-state index contributed by atoms with van der Waals surface area (Å²) in [4.78, 5) is 27.4. The van der Waals surface area contributed by atoms with Crippen molar-refractivity contribution in [2.75, 3.05) is 14.2 Å². The summed E-state index contributed by atoms with van der Waals surface area (Å²) in [5, 5.41) is 11.2. The molecule has 1 amide bonds. The van der Waals surface area contributed by atoms with Gasteiger partial charge in [0.2, 0.25) is 0 Å². The number of para-hydroxylation sites is 1. The first-order valence-electron chi connectivity index (χ1n) is 9.74. The Bertz CT molecular complexity index is 1200. The molecule has 1 atom stereocenters. The fourth-order valence-electron chi connectivity index (χ4n) is 3.84. The molecule has 2 heterocycles. The van der Waals surface area contributed by atoms with E-state index < -0.39 is 29.3 Å². The van der Waals surface area contributed by atoms with Gasteiger partial charge in [0, 0.05) is 5.56 Å². The summed E-state index contributed by atoms with van der Waals surface area (Å²) in [5.41, 5.74) is 0.246. The number of nitrogens with zero attached hydrogens (tertiary/aromatic N) is 1. The molecular formula is C24H20FNO6. The summed E-state index contributed by atoms with van der Waals surface area (Å²) in [6, 6.07) is 12.8. The Kier molecular flexibility index (Phi) is 5.68. The van der Waals surface area contributed by atoms with Gasteiger partial charge < -0.3 is 23.9 Å². The molecule has 0 bridgehead atoms. The lowest BCUT2D eigenvalue weighted by atomic mass is 9.94. The third-order valence-corrected chi connectivity index (χ3v) is 5.30. The van der Waals surface area contributed by atoms with Crippen molar-refractivity contribution >= 4 is 17.4 Å². The molecule has 1 N–H and O–H groups in total. The van der Waals surface area contributed by atoms with Crippen LogP contribution in [-0.4, -0.2) is 35.9 Å². The van der Waals surface area contributed by atoms with E-state index in [0.717, 1.165) is 6.07 Å². The lowest BCUT2D eigenvalue weighted by Gasteiger charge is -2.26. The molecule has 32 heavy (non-hydrogen) atoms. The van der Waals surface area contributed by atoms with Crippen LogP contribution in [0, 0.1) is 5.82 Å². The smallest absolute Gasteiger partial charge is 0.296 e. The molecule has 1 aromatic heterocycles. The second-order valence-corrected chi connectivity index (χ2v) is 7.09. The zero-order valence-corrected chi connectivity index (χ0v) is 17.4. The van der Waals surface area contributed by atoms with E-state index in [9.17, 15) is 19.1 Å². The molecule has 164 valence electrons. The SMILES string of the molecule is COc1ccc(F)cc1/C(O)=C1\C(=O)C(=O)N(Cc2ccco2)C1c1ccccc1OC. The Balaban J connectivity index is 1.95. The normalized spacial score (nSPS) is 17.6. The second kappa shape index (κ2) is 8.58. The number of Topliss-reactive ketones (excluding diaryl/α,β-unsaturated/α-hetero) is 1. The van der Waals surface area contributed by atoms with Gasteiger partial charge in [-0.1, -0.05) is 18.2 Å². The number of ketones is 1. The number of benzene rings is 2.